The minimum atomic E-state index is -0.0120. The summed E-state index contributed by atoms with van der Waals surface area (Å²) in [6.07, 6.45) is 4.78. The van der Waals surface area contributed by atoms with Gasteiger partial charge in [0.25, 0.3) is 11.7 Å². The number of carbonyl (C=O) groups excluding carboxylic acids is 1. The van der Waals surface area contributed by atoms with E-state index in [0.717, 1.165) is 18.7 Å². The van der Waals surface area contributed by atoms with Crippen LogP contribution in [0, 0.1) is 13.5 Å². The highest BCUT2D eigenvalue weighted by molar-refractivity contribution is 5.94. The molecule has 1 amide bonds. The predicted molar refractivity (Wildman–Crippen MR) is 135 cm³/mol. The van der Waals surface area contributed by atoms with E-state index in [1.165, 1.54) is 6.20 Å². The van der Waals surface area contributed by atoms with E-state index >= 15 is 0 Å². The molecule has 0 saturated carbocycles. The fourth-order valence-electron chi connectivity index (χ4n) is 3.96. The second kappa shape index (κ2) is 9.59. The largest absolute Gasteiger partial charge is 0.435 e. The number of aromatic nitrogens is 5. The molecule has 11 heteroatoms. The van der Waals surface area contributed by atoms with Crippen LogP contribution in [0.1, 0.15) is 15.9 Å². The predicted octanol–water partition coefficient (Wildman–Crippen LogP) is 3.54. The fourth-order valence-corrected chi connectivity index (χ4v) is 3.96. The van der Waals surface area contributed by atoms with Gasteiger partial charge in [-0.05, 0) is 37.7 Å². The van der Waals surface area contributed by atoms with E-state index in [1.807, 2.05) is 18.9 Å². The van der Waals surface area contributed by atoms with Gasteiger partial charge in [0.15, 0.2) is 17.6 Å². The molecule has 1 aliphatic heterocycles. The molecule has 1 fully saturated rings. The van der Waals surface area contributed by atoms with Crippen molar-refractivity contribution in [1.29, 1.82) is 0 Å². The third kappa shape index (κ3) is 4.67. The van der Waals surface area contributed by atoms with Gasteiger partial charge in [-0.15, -0.1) is 4.98 Å². The Labute approximate surface area is 208 Å². The summed E-state index contributed by atoms with van der Waals surface area (Å²) in [6, 6.07) is 6.95. The van der Waals surface area contributed by atoms with Crippen molar-refractivity contribution in [2.45, 2.75) is 6.92 Å². The Morgan fingerprint density at radius 2 is 1.89 bits per heavy atom. The summed E-state index contributed by atoms with van der Waals surface area (Å²) >= 11 is 0. The number of ether oxygens (including phenoxy) is 1. The Morgan fingerprint density at radius 3 is 2.58 bits per heavy atom. The molecule has 0 unspecified atom stereocenters. The molecule has 0 aromatic carbocycles. The van der Waals surface area contributed by atoms with Crippen LogP contribution in [0.15, 0.2) is 43.0 Å². The molecular formula is C25H25N9O2. The molecule has 4 aromatic heterocycles. The van der Waals surface area contributed by atoms with Crippen molar-refractivity contribution < 1.29 is 9.53 Å². The number of nitrogens with zero attached hydrogens (tertiary/aromatic N) is 8. The Balaban J connectivity index is 1.39. The Kier molecular flexibility index (Phi) is 6.18. The van der Waals surface area contributed by atoms with E-state index in [-0.39, 0.29) is 5.91 Å². The molecule has 5 heterocycles. The summed E-state index contributed by atoms with van der Waals surface area (Å²) in [5, 5.41) is 3.28. The minimum Gasteiger partial charge on any atom is -0.435 e. The first-order valence-electron chi connectivity index (χ1n) is 11.5. The Morgan fingerprint density at radius 1 is 1.08 bits per heavy atom. The molecule has 5 rings (SSSR count). The molecule has 0 radical (unpaired) electrons. The summed E-state index contributed by atoms with van der Waals surface area (Å²) in [5.74, 6) is 1.71. The number of amides is 1. The van der Waals surface area contributed by atoms with E-state index in [2.05, 4.69) is 42.0 Å². The van der Waals surface area contributed by atoms with Crippen molar-refractivity contribution in [2.75, 3.05) is 38.5 Å². The zero-order valence-electron chi connectivity index (χ0n) is 20.3. The van der Waals surface area contributed by atoms with Gasteiger partial charge in [-0.1, -0.05) is 6.57 Å². The van der Waals surface area contributed by atoms with Crippen LogP contribution in [0.5, 0.6) is 11.6 Å². The van der Waals surface area contributed by atoms with E-state index in [9.17, 15) is 4.79 Å². The molecule has 1 N–H and O–H groups in total. The highest BCUT2D eigenvalue weighted by Crippen LogP contribution is 2.31. The number of hydrogen-bond acceptors (Lipinski definition) is 8. The fraction of sp³-hybridized carbons (Fsp3) is 0.280. The van der Waals surface area contributed by atoms with Gasteiger partial charge >= 0.3 is 0 Å². The van der Waals surface area contributed by atoms with Gasteiger partial charge in [0.2, 0.25) is 5.88 Å². The van der Waals surface area contributed by atoms with Gasteiger partial charge < -0.3 is 29.3 Å². The lowest BCUT2D eigenvalue weighted by Crippen LogP contribution is -2.47. The van der Waals surface area contributed by atoms with E-state index in [4.69, 9.17) is 11.3 Å². The Bertz CT molecular complexity index is 1470. The van der Waals surface area contributed by atoms with Crippen LogP contribution in [-0.4, -0.2) is 73.4 Å². The van der Waals surface area contributed by atoms with E-state index in [0.29, 0.717) is 58.8 Å². The third-order valence-electron chi connectivity index (χ3n) is 6.09. The molecule has 0 spiro atoms. The number of carbonyl (C=O) groups is 1. The standard InChI is InChI=1S/C25H25N9O2/c1-16-11-21(26-2)28-14-19(16)36-22-12-18(23-24(31-22)33(4)15-29-23)30-20-6-5-17(13-27-20)25(35)34-9-7-32(3)8-10-34/h5-6,11-15H,7-10H2,1,3-4H3,(H,27,30,31). The average Bonchev–Trinajstić information content (AvgIpc) is 3.26. The van der Waals surface area contributed by atoms with Crippen LogP contribution in [-0.2, 0) is 7.05 Å². The number of piperazine rings is 1. The molecular weight excluding hydrogens is 458 g/mol. The number of aryl methyl sites for hydroxylation is 2. The number of hydrogen-bond donors (Lipinski definition) is 1. The second-order valence-electron chi connectivity index (χ2n) is 8.71. The van der Waals surface area contributed by atoms with Crippen LogP contribution in [0.3, 0.4) is 0 Å². The minimum absolute atomic E-state index is 0.0120. The van der Waals surface area contributed by atoms with Crippen molar-refractivity contribution in [3.05, 3.63) is 65.5 Å². The monoisotopic (exact) mass is 483 g/mol. The maximum absolute atomic E-state index is 12.8. The van der Waals surface area contributed by atoms with Crippen LogP contribution >= 0.6 is 0 Å². The lowest BCUT2D eigenvalue weighted by molar-refractivity contribution is 0.0663. The average molecular weight is 484 g/mol. The third-order valence-corrected chi connectivity index (χ3v) is 6.09. The quantitative estimate of drug-likeness (QED) is 0.430. The van der Waals surface area contributed by atoms with Crippen LogP contribution in [0.2, 0.25) is 0 Å². The number of pyridine rings is 3. The maximum Gasteiger partial charge on any atom is 0.269 e. The summed E-state index contributed by atoms with van der Waals surface area (Å²) < 4.78 is 7.81. The first-order valence-corrected chi connectivity index (χ1v) is 11.5. The van der Waals surface area contributed by atoms with Gasteiger partial charge in [0, 0.05) is 45.5 Å². The summed E-state index contributed by atoms with van der Waals surface area (Å²) in [5.41, 5.74) is 3.27. The van der Waals surface area contributed by atoms with Gasteiger partial charge in [-0.2, -0.15) is 4.98 Å². The van der Waals surface area contributed by atoms with Gasteiger partial charge in [-0.3, -0.25) is 4.79 Å². The zero-order chi connectivity index (χ0) is 25.2. The summed E-state index contributed by atoms with van der Waals surface area (Å²) in [6.45, 7) is 12.1. The molecule has 182 valence electrons. The number of imidazole rings is 1. The summed E-state index contributed by atoms with van der Waals surface area (Å²) in [4.78, 5) is 37.8. The molecule has 1 aliphatic rings. The van der Waals surface area contributed by atoms with Gasteiger partial charge in [0.05, 0.1) is 17.6 Å². The number of rotatable bonds is 5. The number of fused-ring (bicyclic) bond motifs is 1. The van der Waals surface area contributed by atoms with Crippen LogP contribution < -0.4 is 10.1 Å². The zero-order valence-corrected chi connectivity index (χ0v) is 20.3. The molecule has 1 saturated heterocycles. The number of nitrogens with one attached hydrogen (secondary N) is 1. The molecule has 36 heavy (non-hydrogen) atoms. The van der Waals surface area contributed by atoms with E-state index in [1.54, 1.807) is 41.4 Å². The number of likely N-dealkylation sites (N-methyl/N-ethyl adjacent to an activating group) is 1. The van der Waals surface area contributed by atoms with Gasteiger partial charge in [-0.25, -0.2) is 9.97 Å². The Hall–Kier alpha value is -4.56. The second-order valence-corrected chi connectivity index (χ2v) is 8.71. The SMILES string of the molecule is [C-]#[N+]c1cc(C)c(Oc2cc(Nc3ccc(C(=O)N4CCN(C)CC4)cn3)c3ncn(C)c3n2)cn1. The molecule has 0 aliphatic carbocycles. The molecule has 4 aromatic rings. The highest BCUT2D eigenvalue weighted by Gasteiger charge is 2.21. The lowest BCUT2D eigenvalue weighted by Gasteiger charge is -2.32. The lowest BCUT2D eigenvalue weighted by atomic mass is 10.2. The topological polar surface area (TPSA) is 106 Å². The van der Waals surface area contributed by atoms with Crippen molar-refractivity contribution in [1.82, 2.24) is 34.3 Å². The normalized spacial score (nSPS) is 14.0. The smallest absolute Gasteiger partial charge is 0.269 e. The highest BCUT2D eigenvalue weighted by atomic mass is 16.5. The maximum atomic E-state index is 12.8. The van der Waals surface area contributed by atoms with Crippen molar-refractivity contribution >= 4 is 34.4 Å². The molecule has 0 bridgehead atoms. The van der Waals surface area contributed by atoms with Gasteiger partial charge in [0.1, 0.15) is 11.3 Å². The molecule has 11 nitrogen and oxygen atoms in total. The first kappa shape index (κ1) is 23.2. The number of anilines is 2. The summed E-state index contributed by atoms with van der Waals surface area (Å²) in [7, 11) is 3.91. The van der Waals surface area contributed by atoms with Crippen molar-refractivity contribution in [3.63, 3.8) is 0 Å². The molecule has 0 atom stereocenters. The van der Waals surface area contributed by atoms with Crippen molar-refractivity contribution in [3.8, 4) is 11.6 Å². The van der Waals surface area contributed by atoms with Crippen LogP contribution in [0.4, 0.5) is 17.3 Å². The van der Waals surface area contributed by atoms with Crippen molar-refractivity contribution in [2.24, 2.45) is 7.05 Å². The van der Waals surface area contributed by atoms with E-state index < -0.39 is 0 Å². The first-order chi connectivity index (χ1) is 17.4. The van der Waals surface area contributed by atoms with Crippen LogP contribution in [0.25, 0.3) is 16.0 Å².